The number of halogens is 1. The van der Waals surface area contributed by atoms with Crippen LogP contribution in [0.3, 0.4) is 0 Å². The molecule has 3 rings (SSSR count). The van der Waals surface area contributed by atoms with Gasteiger partial charge in [-0.2, -0.15) is 0 Å². The van der Waals surface area contributed by atoms with Gasteiger partial charge in [0.05, 0.1) is 5.69 Å². The minimum atomic E-state index is 0. The van der Waals surface area contributed by atoms with Crippen molar-refractivity contribution in [2.45, 2.75) is 25.8 Å². The number of guanidine groups is 1. The van der Waals surface area contributed by atoms with Crippen LogP contribution in [0, 0.1) is 0 Å². The summed E-state index contributed by atoms with van der Waals surface area (Å²) in [4.78, 5) is 13.7. The molecule has 1 aromatic heterocycles. The van der Waals surface area contributed by atoms with E-state index in [0.717, 1.165) is 38.6 Å². The van der Waals surface area contributed by atoms with Crippen molar-refractivity contribution in [3.8, 4) is 0 Å². The molecule has 0 bridgehead atoms. The molecule has 0 radical (unpaired) electrons. The second kappa shape index (κ2) is 10.7. The molecule has 2 heterocycles. The van der Waals surface area contributed by atoms with Crippen LogP contribution < -0.4 is 10.2 Å². The summed E-state index contributed by atoms with van der Waals surface area (Å²) in [7, 11) is 3.90. The molecule has 7 heteroatoms. The Bertz CT molecular complexity index is 682. The molecular formula is C19H28IN5S. The van der Waals surface area contributed by atoms with Crippen molar-refractivity contribution in [1.82, 2.24) is 15.2 Å². The number of hydrogen-bond donors (Lipinski definition) is 1. The van der Waals surface area contributed by atoms with Crippen molar-refractivity contribution in [1.29, 1.82) is 0 Å². The fourth-order valence-corrected chi connectivity index (χ4v) is 4.00. The third kappa shape index (κ3) is 5.84. The molecule has 5 nitrogen and oxygen atoms in total. The Hall–Kier alpha value is -1.35. The summed E-state index contributed by atoms with van der Waals surface area (Å²) in [6.07, 6.45) is 3.50. The van der Waals surface area contributed by atoms with E-state index in [1.54, 1.807) is 11.3 Å². The van der Waals surface area contributed by atoms with Crippen molar-refractivity contribution < 1.29 is 0 Å². The van der Waals surface area contributed by atoms with E-state index >= 15 is 0 Å². The van der Waals surface area contributed by atoms with Gasteiger partial charge in [0.25, 0.3) is 0 Å². The smallest absolute Gasteiger partial charge is 0.193 e. The highest BCUT2D eigenvalue weighted by Gasteiger charge is 2.15. The molecule has 0 unspecified atom stereocenters. The summed E-state index contributed by atoms with van der Waals surface area (Å²) in [5.74, 6) is 0.916. The van der Waals surface area contributed by atoms with Crippen LogP contribution in [0.25, 0.3) is 0 Å². The fourth-order valence-electron chi connectivity index (χ4n) is 3.08. The second-order valence-corrected chi connectivity index (χ2v) is 7.22. The van der Waals surface area contributed by atoms with Gasteiger partial charge in [0.2, 0.25) is 0 Å². The van der Waals surface area contributed by atoms with Crippen molar-refractivity contribution in [3.63, 3.8) is 0 Å². The number of nitrogens with one attached hydrogen (secondary N) is 1. The Kier molecular flexibility index (Phi) is 8.64. The number of benzene rings is 1. The highest BCUT2D eigenvalue weighted by molar-refractivity contribution is 14.0. The Morgan fingerprint density at radius 1 is 1.27 bits per heavy atom. The minimum Gasteiger partial charge on any atom is -0.356 e. The van der Waals surface area contributed by atoms with Gasteiger partial charge in [-0.1, -0.05) is 30.3 Å². The van der Waals surface area contributed by atoms with Crippen molar-refractivity contribution >= 4 is 46.4 Å². The van der Waals surface area contributed by atoms with E-state index in [0.29, 0.717) is 0 Å². The Morgan fingerprint density at radius 2 is 2.00 bits per heavy atom. The van der Waals surface area contributed by atoms with E-state index in [2.05, 4.69) is 56.8 Å². The van der Waals surface area contributed by atoms with Gasteiger partial charge in [-0.25, -0.2) is 4.98 Å². The maximum Gasteiger partial charge on any atom is 0.193 e. The lowest BCUT2D eigenvalue weighted by Gasteiger charge is -2.22. The normalized spacial score (nSPS) is 14.2. The van der Waals surface area contributed by atoms with E-state index in [-0.39, 0.29) is 24.0 Å². The van der Waals surface area contributed by atoms with Gasteiger partial charge in [-0.05, 0) is 18.4 Å². The molecule has 0 amide bonds. The van der Waals surface area contributed by atoms with E-state index in [1.807, 2.05) is 13.1 Å². The van der Waals surface area contributed by atoms with Gasteiger partial charge >= 0.3 is 0 Å². The summed E-state index contributed by atoms with van der Waals surface area (Å²) in [5.41, 5.74) is 2.45. The van der Waals surface area contributed by atoms with Crippen LogP contribution in [0.1, 0.15) is 24.1 Å². The quantitative estimate of drug-likeness (QED) is 0.386. The highest BCUT2D eigenvalue weighted by Crippen LogP contribution is 2.24. The van der Waals surface area contributed by atoms with Crippen LogP contribution in [0.4, 0.5) is 5.13 Å². The van der Waals surface area contributed by atoms with Crippen LogP contribution in [0.2, 0.25) is 0 Å². The molecule has 0 aliphatic carbocycles. The molecule has 1 aliphatic rings. The van der Waals surface area contributed by atoms with Crippen molar-refractivity contribution in [2.24, 2.45) is 4.99 Å². The Balaban J connectivity index is 0.00000243. The minimum absolute atomic E-state index is 0. The molecule has 1 aromatic carbocycles. The lowest BCUT2D eigenvalue weighted by Crippen LogP contribution is -2.39. The van der Waals surface area contributed by atoms with E-state index in [4.69, 9.17) is 4.98 Å². The Labute approximate surface area is 177 Å². The van der Waals surface area contributed by atoms with Gasteiger partial charge in [-0.15, -0.1) is 35.3 Å². The molecular weight excluding hydrogens is 457 g/mol. The molecule has 26 heavy (non-hydrogen) atoms. The molecule has 1 fully saturated rings. The zero-order valence-corrected chi connectivity index (χ0v) is 18.7. The van der Waals surface area contributed by atoms with Crippen molar-refractivity contribution in [3.05, 3.63) is 47.0 Å². The topological polar surface area (TPSA) is 43.8 Å². The lowest BCUT2D eigenvalue weighted by atomic mass is 10.2. The largest absolute Gasteiger partial charge is 0.356 e. The molecule has 142 valence electrons. The average molecular weight is 485 g/mol. The van der Waals surface area contributed by atoms with Crippen LogP contribution in [0.5, 0.6) is 0 Å². The average Bonchev–Trinajstić information content (AvgIpc) is 3.31. The van der Waals surface area contributed by atoms with Gasteiger partial charge in [0, 0.05) is 52.1 Å². The predicted molar refractivity (Wildman–Crippen MR) is 122 cm³/mol. The number of aromatic nitrogens is 1. The fraction of sp³-hybridized carbons (Fsp3) is 0.474. The summed E-state index contributed by atoms with van der Waals surface area (Å²) < 4.78 is 0. The number of rotatable bonds is 6. The molecule has 0 spiro atoms. The maximum atomic E-state index is 4.78. The third-order valence-electron chi connectivity index (χ3n) is 4.42. The summed E-state index contributed by atoms with van der Waals surface area (Å²) in [5, 5.41) is 6.81. The zero-order chi connectivity index (χ0) is 17.5. The van der Waals surface area contributed by atoms with Crippen LogP contribution in [-0.2, 0) is 13.0 Å². The summed E-state index contributed by atoms with van der Waals surface area (Å²) in [6, 6.07) is 10.5. The molecule has 1 N–H and O–H groups in total. The van der Waals surface area contributed by atoms with Gasteiger partial charge in [0.1, 0.15) is 0 Å². The van der Waals surface area contributed by atoms with Crippen LogP contribution in [0.15, 0.2) is 40.7 Å². The van der Waals surface area contributed by atoms with Gasteiger partial charge in [-0.3, -0.25) is 4.99 Å². The first-order chi connectivity index (χ1) is 12.3. The lowest BCUT2D eigenvalue weighted by molar-refractivity contribution is 0.477. The molecule has 0 atom stereocenters. The molecule has 1 aliphatic heterocycles. The Morgan fingerprint density at radius 3 is 2.69 bits per heavy atom. The van der Waals surface area contributed by atoms with Crippen molar-refractivity contribution in [2.75, 3.05) is 38.6 Å². The number of thiazole rings is 1. The van der Waals surface area contributed by atoms with Gasteiger partial charge in [0.15, 0.2) is 11.1 Å². The second-order valence-electron chi connectivity index (χ2n) is 6.38. The third-order valence-corrected chi connectivity index (χ3v) is 5.37. The van der Waals surface area contributed by atoms with Gasteiger partial charge < -0.3 is 15.1 Å². The van der Waals surface area contributed by atoms with E-state index in [1.165, 1.54) is 29.2 Å². The predicted octanol–water partition coefficient (Wildman–Crippen LogP) is 3.61. The SMILES string of the molecule is CN=C(NCCc1csc(N2CCCC2)n1)N(C)Cc1ccccc1.I. The molecule has 0 saturated carbocycles. The number of hydrogen-bond acceptors (Lipinski definition) is 4. The summed E-state index contributed by atoms with van der Waals surface area (Å²) in [6.45, 7) is 4.00. The highest BCUT2D eigenvalue weighted by atomic mass is 127. The van der Waals surface area contributed by atoms with E-state index < -0.39 is 0 Å². The summed E-state index contributed by atoms with van der Waals surface area (Å²) >= 11 is 1.77. The van der Waals surface area contributed by atoms with Crippen LogP contribution in [-0.4, -0.2) is 49.6 Å². The monoisotopic (exact) mass is 485 g/mol. The molecule has 1 saturated heterocycles. The van der Waals surface area contributed by atoms with Crippen LogP contribution >= 0.6 is 35.3 Å². The molecule has 2 aromatic rings. The number of nitrogens with zero attached hydrogens (tertiary/aromatic N) is 4. The first-order valence-electron chi connectivity index (χ1n) is 8.91. The first-order valence-corrected chi connectivity index (χ1v) is 9.79. The number of anilines is 1. The standard InChI is InChI=1S/C19H27N5S.HI/c1-20-18(23(2)14-16-8-4-3-5-9-16)21-11-10-17-15-25-19(22-17)24-12-6-7-13-24;/h3-5,8-9,15H,6-7,10-14H2,1-2H3,(H,20,21);1H. The van der Waals surface area contributed by atoms with E-state index in [9.17, 15) is 0 Å². The zero-order valence-electron chi connectivity index (χ0n) is 15.5. The number of aliphatic imine (C=N–C) groups is 1. The maximum absolute atomic E-state index is 4.78. The first kappa shape index (κ1) is 21.0.